The van der Waals surface area contributed by atoms with Gasteiger partial charge in [0, 0.05) is 12.1 Å². The summed E-state index contributed by atoms with van der Waals surface area (Å²) in [6, 6.07) is 8.61. The summed E-state index contributed by atoms with van der Waals surface area (Å²) in [7, 11) is 0. The lowest BCUT2D eigenvalue weighted by Gasteiger charge is -2.33. The maximum absolute atomic E-state index is 12.6. The number of aryl methyl sites for hydroxylation is 1. The second kappa shape index (κ2) is 6.03. The molecule has 2 nitrogen and oxygen atoms in total. The molecule has 0 heterocycles. The molecule has 1 aromatic rings. The zero-order chi connectivity index (χ0) is 13.9. The molecule has 1 rings (SSSR count). The molecule has 18 heavy (non-hydrogen) atoms. The minimum absolute atomic E-state index is 0.0731. The Morgan fingerprint density at radius 1 is 1.00 bits per heavy atom. The summed E-state index contributed by atoms with van der Waals surface area (Å²) in [6.07, 6.45) is 0. The monoisotopic (exact) mass is 247 g/mol. The van der Waals surface area contributed by atoms with Gasteiger partial charge < -0.3 is 4.90 Å². The van der Waals surface area contributed by atoms with Gasteiger partial charge >= 0.3 is 0 Å². The summed E-state index contributed by atoms with van der Waals surface area (Å²) >= 11 is 0. The van der Waals surface area contributed by atoms with Crippen LogP contribution in [0.5, 0.6) is 0 Å². The summed E-state index contributed by atoms with van der Waals surface area (Å²) in [4.78, 5) is 14.6. The first-order valence-electron chi connectivity index (χ1n) is 6.74. The van der Waals surface area contributed by atoms with Crippen molar-refractivity contribution in [3.63, 3.8) is 0 Å². The molecule has 0 radical (unpaired) electrons. The van der Waals surface area contributed by atoms with E-state index in [0.29, 0.717) is 0 Å². The Hall–Kier alpha value is -1.31. The molecule has 1 atom stereocenters. The van der Waals surface area contributed by atoms with Gasteiger partial charge in [-0.25, -0.2) is 0 Å². The van der Waals surface area contributed by atoms with E-state index in [0.717, 1.165) is 5.56 Å². The van der Waals surface area contributed by atoms with Crippen LogP contribution < -0.4 is 0 Å². The number of hydrogen-bond acceptors (Lipinski definition) is 1. The fourth-order valence-corrected chi connectivity index (χ4v) is 2.53. The van der Waals surface area contributed by atoms with E-state index in [9.17, 15) is 4.79 Å². The minimum Gasteiger partial charge on any atom is -0.337 e. The second-order valence-electron chi connectivity index (χ2n) is 5.51. The second-order valence-corrected chi connectivity index (χ2v) is 5.51. The summed E-state index contributed by atoms with van der Waals surface area (Å²) in [6.45, 7) is 12.4. The van der Waals surface area contributed by atoms with Gasteiger partial charge in [-0.2, -0.15) is 0 Å². The van der Waals surface area contributed by atoms with E-state index in [4.69, 9.17) is 0 Å². The van der Waals surface area contributed by atoms with Crippen LogP contribution in [0, 0.1) is 6.92 Å². The molecule has 0 aliphatic rings. The Bertz CT molecular complexity index is 401. The molecule has 1 amide bonds. The van der Waals surface area contributed by atoms with Crippen molar-refractivity contribution in [1.82, 2.24) is 4.90 Å². The lowest BCUT2D eigenvalue weighted by atomic mass is 9.94. The Morgan fingerprint density at radius 3 is 1.94 bits per heavy atom. The predicted octanol–water partition coefficient (Wildman–Crippen LogP) is 3.74. The highest BCUT2D eigenvalue weighted by atomic mass is 16.2. The van der Waals surface area contributed by atoms with Crippen LogP contribution in [0.3, 0.4) is 0 Å². The first kappa shape index (κ1) is 14.7. The highest BCUT2D eigenvalue weighted by Crippen LogP contribution is 2.23. The third kappa shape index (κ3) is 3.12. The van der Waals surface area contributed by atoms with Crippen molar-refractivity contribution in [2.24, 2.45) is 0 Å². The molecule has 100 valence electrons. The number of rotatable bonds is 4. The topological polar surface area (TPSA) is 20.3 Å². The Kier molecular flexibility index (Phi) is 4.94. The summed E-state index contributed by atoms with van der Waals surface area (Å²) in [5.41, 5.74) is 2.32. The molecule has 0 fully saturated rings. The van der Waals surface area contributed by atoms with E-state index in [1.165, 1.54) is 5.56 Å². The van der Waals surface area contributed by atoms with E-state index >= 15 is 0 Å². The van der Waals surface area contributed by atoms with Gasteiger partial charge in [0.25, 0.3) is 0 Å². The van der Waals surface area contributed by atoms with E-state index in [2.05, 4.69) is 46.8 Å². The van der Waals surface area contributed by atoms with E-state index in [1.807, 2.05) is 24.0 Å². The predicted molar refractivity (Wildman–Crippen MR) is 76.7 cm³/mol. The number of benzene rings is 1. The van der Waals surface area contributed by atoms with Crippen molar-refractivity contribution >= 4 is 5.91 Å². The Labute approximate surface area is 111 Å². The zero-order valence-electron chi connectivity index (χ0n) is 12.4. The molecular weight excluding hydrogens is 222 g/mol. The SMILES string of the molecule is Cc1ccccc1C(C)C(=O)N(C(C)C)C(C)C. The first-order valence-corrected chi connectivity index (χ1v) is 6.74. The van der Waals surface area contributed by atoms with E-state index < -0.39 is 0 Å². The Balaban J connectivity index is 3.00. The van der Waals surface area contributed by atoms with Crippen LogP contribution in [0.2, 0.25) is 0 Å². The van der Waals surface area contributed by atoms with Crippen molar-refractivity contribution in [2.45, 2.75) is 59.5 Å². The van der Waals surface area contributed by atoms with Gasteiger partial charge in [-0.1, -0.05) is 24.3 Å². The largest absolute Gasteiger partial charge is 0.337 e. The smallest absolute Gasteiger partial charge is 0.230 e. The van der Waals surface area contributed by atoms with Gasteiger partial charge in [-0.15, -0.1) is 0 Å². The molecule has 0 spiro atoms. The summed E-state index contributed by atoms with van der Waals surface area (Å²) in [5.74, 6) is 0.144. The highest BCUT2D eigenvalue weighted by Gasteiger charge is 2.26. The molecule has 0 N–H and O–H groups in total. The van der Waals surface area contributed by atoms with Gasteiger partial charge in [-0.3, -0.25) is 4.79 Å². The van der Waals surface area contributed by atoms with Crippen molar-refractivity contribution in [2.75, 3.05) is 0 Å². The summed E-state index contributed by atoms with van der Waals surface area (Å²) in [5, 5.41) is 0. The lowest BCUT2D eigenvalue weighted by molar-refractivity contribution is -0.136. The van der Waals surface area contributed by atoms with Crippen LogP contribution in [-0.4, -0.2) is 22.9 Å². The fourth-order valence-electron chi connectivity index (χ4n) is 2.53. The van der Waals surface area contributed by atoms with E-state index in [-0.39, 0.29) is 23.9 Å². The quantitative estimate of drug-likeness (QED) is 0.793. The number of carbonyl (C=O) groups excluding carboxylic acids is 1. The van der Waals surface area contributed by atoms with Crippen LogP contribution >= 0.6 is 0 Å². The van der Waals surface area contributed by atoms with E-state index in [1.54, 1.807) is 0 Å². The third-order valence-corrected chi connectivity index (χ3v) is 3.39. The van der Waals surface area contributed by atoms with Gasteiger partial charge in [0.1, 0.15) is 0 Å². The van der Waals surface area contributed by atoms with Crippen LogP contribution in [0.15, 0.2) is 24.3 Å². The zero-order valence-corrected chi connectivity index (χ0v) is 12.4. The summed E-state index contributed by atoms with van der Waals surface area (Å²) < 4.78 is 0. The number of nitrogens with zero attached hydrogens (tertiary/aromatic N) is 1. The van der Waals surface area contributed by atoms with Gasteiger partial charge in [0.05, 0.1) is 5.92 Å². The first-order chi connectivity index (χ1) is 8.36. The maximum atomic E-state index is 12.6. The van der Waals surface area contributed by atoms with Gasteiger partial charge in [0.2, 0.25) is 5.91 Å². The molecule has 0 aromatic heterocycles. The van der Waals surface area contributed by atoms with Crippen LogP contribution in [0.1, 0.15) is 51.7 Å². The van der Waals surface area contributed by atoms with Crippen LogP contribution in [0.4, 0.5) is 0 Å². The number of amides is 1. The third-order valence-electron chi connectivity index (χ3n) is 3.39. The molecule has 0 saturated carbocycles. The normalized spacial score (nSPS) is 12.9. The average Bonchev–Trinajstić information content (AvgIpc) is 2.27. The maximum Gasteiger partial charge on any atom is 0.230 e. The standard InChI is InChI=1S/C16H25NO/c1-11(2)17(12(3)4)16(18)14(6)15-10-8-7-9-13(15)5/h7-12,14H,1-6H3. The molecule has 1 unspecified atom stereocenters. The lowest BCUT2D eigenvalue weighted by Crippen LogP contribution is -2.44. The molecule has 0 aliphatic heterocycles. The molecule has 0 saturated heterocycles. The van der Waals surface area contributed by atoms with Crippen molar-refractivity contribution in [3.05, 3.63) is 35.4 Å². The fraction of sp³-hybridized carbons (Fsp3) is 0.562. The van der Waals surface area contributed by atoms with Gasteiger partial charge in [0.15, 0.2) is 0 Å². The highest BCUT2D eigenvalue weighted by molar-refractivity contribution is 5.84. The molecule has 0 aliphatic carbocycles. The number of hydrogen-bond donors (Lipinski definition) is 0. The molecule has 1 aromatic carbocycles. The molecular formula is C16H25NO. The molecule has 2 heteroatoms. The molecule has 0 bridgehead atoms. The van der Waals surface area contributed by atoms with Crippen molar-refractivity contribution < 1.29 is 4.79 Å². The Morgan fingerprint density at radius 2 is 1.50 bits per heavy atom. The van der Waals surface area contributed by atoms with Crippen LogP contribution in [-0.2, 0) is 4.79 Å². The van der Waals surface area contributed by atoms with Gasteiger partial charge in [-0.05, 0) is 52.7 Å². The number of carbonyl (C=O) groups is 1. The average molecular weight is 247 g/mol. The van der Waals surface area contributed by atoms with Crippen LogP contribution in [0.25, 0.3) is 0 Å². The van der Waals surface area contributed by atoms with Crippen molar-refractivity contribution in [1.29, 1.82) is 0 Å². The van der Waals surface area contributed by atoms with Crippen molar-refractivity contribution in [3.8, 4) is 0 Å². The minimum atomic E-state index is -0.0731.